The van der Waals surface area contributed by atoms with Crippen LogP contribution in [0.1, 0.15) is 39.8 Å². The molecule has 36 heavy (non-hydrogen) atoms. The first kappa shape index (κ1) is 23.7. The van der Waals surface area contributed by atoms with Crippen LogP contribution < -0.4 is 4.90 Å². The van der Waals surface area contributed by atoms with Gasteiger partial charge in [-0.05, 0) is 37.4 Å². The van der Waals surface area contributed by atoms with Crippen LogP contribution in [-0.4, -0.2) is 69.6 Å². The minimum absolute atomic E-state index is 0.00118. The van der Waals surface area contributed by atoms with Crippen molar-refractivity contribution in [2.75, 3.05) is 38.1 Å². The maximum Gasteiger partial charge on any atom is 0.169 e. The number of hydrogen-bond acceptors (Lipinski definition) is 8. The topological polar surface area (TPSA) is 92.2 Å². The molecule has 0 aromatic carbocycles. The van der Waals surface area contributed by atoms with E-state index in [-0.39, 0.29) is 18.0 Å². The lowest BCUT2D eigenvalue weighted by molar-refractivity contribution is 0.0981. The molecule has 0 amide bonds. The Labute approximate surface area is 210 Å². The lowest BCUT2D eigenvalue weighted by atomic mass is 10.0. The fourth-order valence-electron chi connectivity index (χ4n) is 4.35. The molecule has 1 fully saturated rings. The number of aromatic nitrogens is 4. The predicted molar refractivity (Wildman–Crippen MR) is 139 cm³/mol. The molecule has 8 heteroatoms. The molecule has 5 rings (SSSR count). The van der Waals surface area contributed by atoms with E-state index in [1.54, 1.807) is 37.1 Å². The SMILES string of the molecule is CCC(=O)c1cncc(-c2cnc3cnc(CC(=O)c4ccnc(N5CCN(C)CC5)c4)cc3c2)c1. The number of anilines is 1. The van der Waals surface area contributed by atoms with Gasteiger partial charge in [-0.25, -0.2) is 4.98 Å². The number of piperazine rings is 1. The fourth-order valence-corrected chi connectivity index (χ4v) is 4.35. The standard InChI is InChI=1S/C28H28N6O2/c1-3-26(35)23-11-21(15-29-16-23)22-10-20-12-24(31-18-25(20)32-17-22)14-27(36)19-4-5-30-28(13-19)34-8-6-33(2)7-9-34/h4-5,10-13,15-18H,3,6-9,14H2,1-2H3. The molecule has 0 atom stereocenters. The largest absolute Gasteiger partial charge is 0.354 e. The van der Waals surface area contributed by atoms with E-state index >= 15 is 0 Å². The minimum atomic E-state index is -0.00118. The number of fused-ring (bicyclic) bond motifs is 1. The first-order chi connectivity index (χ1) is 17.5. The Morgan fingerprint density at radius 2 is 1.64 bits per heavy atom. The number of nitrogens with zero attached hydrogens (tertiary/aromatic N) is 6. The third-order valence-electron chi connectivity index (χ3n) is 6.58. The predicted octanol–water partition coefficient (Wildman–Crippen LogP) is 3.86. The summed E-state index contributed by atoms with van der Waals surface area (Å²) in [6.07, 6.45) is 9.08. The summed E-state index contributed by atoms with van der Waals surface area (Å²) in [6, 6.07) is 9.38. The van der Waals surface area contributed by atoms with Crippen molar-refractivity contribution < 1.29 is 9.59 Å². The summed E-state index contributed by atoms with van der Waals surface area (Å²) in [5, 5.41) is 0.880. The Balaban J connectivity index is 1.36. The first-order valence-corrected chi connectivity index (χ1v) is 12.2. The van der Waals surface area contributed by atoms with E-state index in [0.717, 1.165) is 54.0 Å². The van der Waals surface area contributed by atoms with E-state index in [1.165, 1.54) is 0 Å². The average Bonchev–Trinajstić information content (AvgIpc) is 2.92. The Kier molecular flexibility index (Phi) is 6.77. The lowest BCUT2D eigenvalue weighted by Crippen LogP contribution is -2.44. The van der Waals surface area contributed by atoms with Gasteiger partial charge in [0.15, 0.2) is 11.6 Å². The summed E-state index contributed by atoms with van der Waals surface area (Å²) < 4.78 is 0. The number of likely N-dealkylation sites (N-methyl/N-ethyl adjacent to an activating group) is 1. The highest BCUT2D eigenvalue weighted by Gasteiger charge is 2.17. The molecule has 0 spiro atoms. The number of pyridine rings is 4. The van der Waals surface area contributed by atoms with E-state index in [9.17, 15) is 9.59 Å². The van der Waals surface area contributed by atoms with Crippen molar-refractivity contribution in [2.24, 2.45) is 0 Å². The van der Waals surface area contributed by atoms with Crippen LogP contribution in [0, 0.1) is 0 Å². The van der Waals surface area contributed by atoms with Gasteiger partial charge in [0.1, 0.15) is 5.82 Å². The maximum absolute atomic E-state index is 13.1. The highest BCUT2D eigenvalue weighted by Crippen LogP contribution is 2.24. The van der Waals surface area contributed by atoms with E-state index in [1.807, 2.05) is 31.2 Å². The normalized spacial score (nSPS) is 14.2. The van der Waals surface area contributed by atoms with Gasteiger partial charge in [-0.15, -0.1) is 0 Å². The van der Waals surface area contributed by atoms with Crippen molar-refractivity contribution in [3.8, 4) is 11.1 Å². The molecule has 5 heterocycles. The first-order valence-electron chi connectivity index (χ1n) is 12.2. The van der Waals surface area contributed by atoms with Gasteiger partial charge in [0.2, 0.25) is 0 Å². The molecule has 0 radical (unpaired) electrons. The number of hydrogen-bond donors (Lipinski definition) is 0. The van der Waals surface area contributed by atoms with Crippen LogP contribution in [-0.2, 0) is 6.42 Å². The Hall–Kier alpha value is -4.04. The average molecular weight is 481 g/mol. The lowest BCUT2D eigenvalue weighted by Gasteiger charge is -2.33. The zero-order valence-electron chi connectivity index (χ0n) is 20.5. The second kappa shape index (κ2) is 10.3. The zero-order chi connectivity index (χ0) is 25.1. The van der Waals surface area contributed by atoms with E-state index < -0.39 is 0 Å². The van der Waals surface area contributed by atoms with Crippen molar-refractivity contribution in [1.82, 2.24) is 24.8 Å². The van der Waals surface area contributed by atoms with E-state index in [2.05, 4.69) is 36.8 Å². The third kappa shape index (κ3) is 5.13. The van der Waals surface area contributed by atoms with Crippen molar-refractivity contribution in [3.05, 3.63) is 78.1 Å². The Morgan fingerprint density at radius 1 is 0.833 bits per heavy atom. The van der Waals surface area contributed by atoms with Gasteiger partial charge in [0.25, 0.3) is 0 Å². The van der Waals surface area contributed by atoms with Crippen LogP contribution in [0.3, 0.4) is 0 Å². The highest BCUT2D eigenvalue weighted by atomic mass is 16.1. The van der Waals surface area contributed by atoms with Crippen molar-refractivity contribution in [3.63, 3.8) is 0 Å². The minimum Gasteiger partial charge on any atom is -0.354 e. The van der Waals surface area contributed by atoms with E-state index in [0.29, 0.717) is 23.2 Å². The van der Waals surface area contributed by atoms with Gasteiger partial charge in [-0.3, -0.25) is 24.5 Å². The van der Waals surface area contributed by atoms with Gasteiger partial charge < -0.3 is 9.80 Å². The van der Waals surface area contributed by atoms with Crippen LogP contribution in [0.2, 0.25) is 0 Å². The molecule has 8 nitrogen and oxygen atoms in total. The molecule has 1 saturated heterocycles. The molecule has 0 bridgehead atoms. The summed E-state index contributed by atoms with van der Waals surface area (Å²) in [7, 11) is 2.11. The third-order valence-corrected chi connectivity index (χ3v) is 6.58. The highest BCUT2D eigenvalue weighted by molar-refractivity contribution is 5.98. The van der Waals surface area contributed by atoms with Crippen molar-refractivity contribution in [1.29, 1.82) is 0 Å². The number of carbonyl (C=O) groups is 2. The summed E-state index contributed by atoms with van der Waals surface area (Å²) in [6.45, 7) is 5.58. The molecule has 1 aliphatic rings. The zero-order valence-corrected chi connectivity index (χ0v) is 20.5. The molecule has 0 aliphatic carbocycles. The number of rotatable bonds is 7. The molecular weight excluding hydrogens is 452 g/mol. The molecular formula is C28H28N6O2. The second-order valence-corrected chi connectivity index (χ2v) is 9.12. The second-order valence-electron chi connectivity index (χ2n) is 9.12. The van der Waals surface area contributed by atoms with Crippen LogP contribution in [0.4, 0.5) is 5.82 Å². The van der Waals surface area contributed by atoms with Crippen LogP contribution in [0.25, 0.3) is 22.0 Å². The van der Waals surface area contributed by atoms with Crippen LogP contribution in [0.15, 0.2) is 61.3 Å². The van der Waals surface area contributed by atoms with Crippen molar-refractivity contribution >= 4 is 28.3 Å². The van der Waals surface area contributed by atoms with Gasteiger partial charge in [0.05, 0.1) is 18.1 Å². The summed E-state index contributed by atoms with van der Waals surface area (Å²) in [5.74, 6) is 0.889. The van der Waals surface area contributed by atoms with E-state index in [4.69, 9.17) is 0 Å². The van der Waals surface area contributed by atoms with Crippen LogP contribution in [0.5, 0.6) is 0 Å². The number of carbonyl (C=O) groups excluding carboxylic acids is 2. The Bertz CT molecular complexity index is 1430. The number of Topliss-reactive ketones (excluding diaryl/α,β-unsaturated/α-hetero) is 2. The summed E-state index contributed by atoms with van der Waals surface area (Å²) in [5.41, 5.74) is 4.32. The van der Waals surface area contributed by atoms with Gasteiger partial charge in [0, 0.05) is 90.7 Å². The summed E-state index contributed by atoms with van der Waals surface area (Å²) >= 11 is 0. The number of ketones is 2. The maximum atomic E-state index is 13.1. The fraction of sp³-hybridized carbons (Fsp3) is 0.286. The monoisotopic (exact) mass is 480 g/mol. The smallest absolute Gasteiger partial charge is 0.169 e. The quantitative estimate of drug-likeness (QED) is 0.368. The molecule has 0 unspecified atom stereocenters. The van der Waals surface area contributed by atoms with Gasteiger partial charge in [-0.1, -0.05) is 6.92 Å². The summed E-state index contributed by atoms with van der Waals surface area (Å²) in [4.78, 5) is 47.4. The molecule has 1 aliphatic heterocycles. The Morgan fingerprint density at radius 3 is 2.44 bits per heavy atom. The van der Waals surface area contributed by atoms with Gasteiger partial charge in [-0.2, -0.15) is 0 Å². The molecule has 0 saturated carbocycles. The molecule has 182 valence electrons. The molecule has 4 aromatic rings. The van der Waals surface area contributed by atoms with Crippen molar-refractivity contribution in [2.45, 2.75) is 19.8 Å². The van der Waals surface area contributed by atoms with Crippen LogP contribution >= 0.6 is 0 Å². The molecule has 4 aromatic heterocycles. The molecule has 0 N–H and O–H groups in total. The van der Waals surface area contributed by atoms with Gasteiger partial charge >= 0.3 is 0 Å².